The molecule has 1 fully saturated rings. The topological polar surface area (TPSA) is 62.3 Å². The second kappa shape index (κ2) is 6.33. The van der Waals surface area contributed by atoms with Crippen LogP contribution in [0, 0.1) is 0 Å². The van der Waals surface area contributed by atoms with Crippen molar-refractivity contribution in [3.8, 4) is 0 Å². The molecule has 1 N–H and O–H groups in total. The first kappa shape index (κ1) is 13.5. The summed E-state index contributed by atoms with van der Waals surface area (Å²) in [5.41, 5.74) is 0. The highest BCUT2D eigenvalue weighted by Gasteiger charge is 2.15. The van der Waals surface area contributed by atoms with E-state index in [2.05, 4.69) is 10.3 Å². The lowest BCUT2D eigenvalue weighted by Crippen LogP contribution is -2.26. The first-order valence-corrected chi connectivity index (χ1v) is 6.42. The van der Waals surface area contributed by atoms with Gasteiger partial charge < -0.3 is 10.2 Å². The molecule has 0 aromatic carbocycles. The fourth-order valence-corrected chi connectivity index (χ4v) is 1.99. The Labute approximate surface area is 116 Å². The molecule has 100 valence electrons. The number of likely N-dealkylation sites (tertiary alicyclic amines) is 1. The molecule has 0 radical (unpaired) electrons. The summed E-state index contributed by atoms with van der Waals surface area (Å²) in [5.74, 6) is -0.176. The Bertz CT molecular complexity index is 510. The Balaban J connectivity index is 1.88. The van der Waals surface area contributed by atoms with Crippen molar-refractivity contribution < 1.29 is 9.59 Å². The number of nitrogens with zero attached hydrogens (tertiary/aromatic N) is 2. The molecule has 1 aromatic heterocycles. The average Bonchev–Trinajstić information content (AvgIpc) is 2.90. The third-order valence-electron chi connectivity index (χ3n) is 2.77. The minimum atomic E-state index is -0.401. The number of hydrogen-bond donors (Lipinski definition) is 1. The molecule has 0 bridgehead atoms. The number of carbonyl (C=O) groups excluding carboxylic acids is 2. The molecule has 0 spiro atoms. The maximum Gasteiger partial charge on any atom is 0.249 e. The van der Waals surface area contributed by atoms with E-state index in [4.69, 9.17) is 11.6 Å². The molecular weight excluding hydrogens is 266 g/mol. The summed E-state index contributed by atoms with van der Waals surface area (Å²) < 4.78 is 0. The average molecular weight is 280 g/mol. The van der Waals surface area contributed by atoms with Crippen LogP contribution in [-0.2, 0) is 9.59 Å². The monoisotopic (exact) mass is 279 g/mol. The zero-order chi connectivity index (χ0) is 13.7. The number of halogens is 1. The molecule has 5 nitrogen and oxygen atoms in total. The second-order valence-electron chi connectivity index (χ2n) is 4.21. The molecule has 1 saturated heterocycles. The predicted molar refractivity (Wildman–Crippen MR) is 72.8 cm³/mol. The lowest BCUT2D eigenvalue weighted by atomic mass is 10.4. The molecule has 2 rings (SSSR count). The number of pyridine rings is 1. The molecule has 0 saturated carbocycles. The predicted octanol–water partition coefficient (Wildman–Crippen LogP) is 1.85. The molecule has 19 heavy (non-hydrogen) atoms. The van der Waals surface area contributed by atoms with Gasteiger partial charge in [0.25, 0.3) is 0 Å². The van der Waals surface area contributed by atoms with Gasteiger partial charge in [0.1, 0.15) is 5.82 Å². The Morgan fingerprint density at radius 3 is 2.74 bits per heavy atom. The number of nitrogens with one attached hydrogen (secondary N) is 1. The molecule has 2 amide bonds. The highest BCUT2D eigenvalue weighted by Crippen LogP contribution is 2.11. The summed E-state index contributed by atoms with van der Waals surface area (Å²) >= 11 is 5.77. The van der Waals surface area contributed by atoms with Gasteiger partial charge in [-0.25, -0.2) is 4.98 Å². The van der Waals surface area contributed by atoms with E-state index in [1.807, 2.05) is 0 Å². The van der Waals surface area contributed by atoms with Crippen LogP contribution in [-0.4, -0.2) is 34.8 Å². The first-order chi connectivity index (χ1) is 9.15. The van der Waals surface area contributed by atoms with E-state index in [0.717, 1.165) is 25.9 Å². The van der Waals surface area contributed by atoms with Gasteiger partial charge in [-0.2, -0.15) is 0 Å². The van der Waals surface area contributed by atoms with E-state index in [-0.39, 0.29) is 5.91 Å². The molecule has 1 aliphatic heterocycles. The first-order valence-electron chi connectivity index (χ1n) is 6.05. The third-order valence-corrected chi connectivity index (χ3v) is 3.00. The minimum Gasteiger partial charge on any atom is -0.339 e. The van der Waals surface area contributed by atoms with E-state index in [9.17, 15) is 9.59 Å². The molecular formula is C13H14ClN3O2. The molecule has 6 heteroatoms. The van der Waals surface area contributed by atoms with Crippen molar-refractivity contribution in [1.82, 2.24) is 9.88 Å². The lowest BCUT2D eigenvalue weighted by Gasteiger charge is -2.11. The highest BCUT2D eigenvalue weighted by atomic mass is 35.5. The van der Waals surface area contributed by atoms with Gasteiger partial charge in [0.05, 0.1) is 0 Å². The van der Waals surface area contributed by atoms with Crippen molar-refractivity contribution >= 4 is 29.2 Å². The minimum absolute atomic E-state index is 0.133. The number of hydrogen-bond acceptors (Lipinski definition) is 3. The van der Waals surface area contributed by atoms with E-state index in [1.165, 1.54) is 24.4 Å². The van der Waals surface area contributed by atoms with Gasteiger partial charge in [0.15, 0.2) is 0 Å². The Morgan fingerprint density at radius 2 is 2.05 bits per heavy atom. The quantitative estimate of drug-likeness (QED) is 0.859. The molecule has 2 heterocycles. The summed E-state index contributed by atoms with van der Waals surface area (Å²) in [5, 5.41) is 3.03. The van der Waals surface area contributed by atoms with Crippen molar-refractivity contribution in [2.45, 2.75) is 12.8 Å². The van der Waals surface area contributed by atoms with Gasteiger partial charge in [-0.05, 0) is 25.0 Å². The van der Waals surface area contributed by atoms with Crippen LogP contribution < -0.4 is 5.32 Å². The largest absolute Gasteiger partial charge is 0.339 e. The van der Waals surface area contributed by atoms with Crippen LogP contribution in [0.25, 0.3) is 0 Å². The van der Waals surface area contributed by atoms with E-state index in [1.54, 1.807) is 11.0 Å². The Morgan fingerprint density at radius 1 is 1.32 bits per heavy atom. The van der Waals surface area contributed by atoms with Gasteiger partial charge in [-0.3, -0.25) is 9.59 Å². The summed E-state index contributed by atoms with van der Waals surface area (Å²) in [4.78, 5) is 28.9. The maximum atomic E-state index is 11.7. The molecule has 1 aliphatic rings. The molecule has 0 unspecified atom stereocenters. The van der Waals surface area contributed by atoms with Gasteiger partial charge in [-0.15, -0.1) is 0 Å². The van der Waals surface area contributed by atoms with Crippen molar-refractivity contribution in [2.24, 2.45) is 0 Å². The number of aromatic nitrogens is 1. The van der Waals surface area contributed by atoms with Gasteiger partial charge >= 0.3 is 0 Å². The van der Waals surface area contributed by atoms with Crippen molar-refractivity contribution in [3.63, 3.8) is 0 Å². The zero-order valence-corrected chi connectivity index (χ0v) is 11.1. The van der Waals surface area contributed by atoms with Crippen LogP contribution >= 0.6 is 11.6 Å². The van der Waals surface area contributed by atoms with E-state index < -0.39 is 5.91 Å². The third kappa shape index (κ3) is 4.06. The van der Waals surface area contributed by atoms with Crippen molar-refractivity contribution in [3.05, 3.63) is 35.5 Å². The Kier molecular flexibility index (Phi) is 4.52. The van der Waals surface area contributed by atoms with Crippen LogP contribution in [0.15, 0.2) is 30.5 Å². The fourth-order valence-electron chi connectivity index (χ4n) is 1.83. The normalized spacial score (nSPS) is 14.9. The zero-order valence-electron chi connectivity index (χ0n) is 10.3. The molecule has 0 atom stereocenters. The smallest absolute Gasteiger partial charge is 0.249 e. The van der Waals surface area contributed by atoms with Gasteiger partial charge in [0, 0.05) is 36.5 Å². The molecule has 0 aliphatic carbocycles. The van der Waals surface area contributed by atoms with Gasteiger partial charge in [-0.1, -0.05) is 11.6 Å². The van der Waals surface area contributed by atoms with E-state index in [0.29, 0.717) is 10.8 Å². The Hall–Kier alpha value is -1.88. The SMILES string of the molecule is O=C(/C=C\C(=O)N1CCCC1)Nc1cc(Cl)ccn1. The highest BCUT2D eigenvalue weighted by molar-refractivity contribution is 6.30. The van der Waals surface area contributed by atoms with Crippen LogP contribution in [0.4, 0.5) is 5.82 Å². The number of rotatable bonds is 3. The standard InChI is InChI=1S/C13H14ClN3O2/c14-10-5-6-15-11(9-10)16-12(18)3-4-13(19)17-7-1-2-8-17/h3-6,9H,1-2,7-8H2,(H,15,16,18)/b4-3-. The fraction of sp³-hybridized carbons (Fsp3) is 0.308. The number of anilines is 1. The summed E-state index contributed by atoms with van der Waals surface area (Å²) in [6, 6.07) is 3.15. The summed E-state index contributed by atoms with van der Waals surface area (Å²) in [6.45, 7) is 1.53. The van der Waals surface area contributed by atoms with Crippen LogP contribution in [0.1, 0.15) is 12.8 Å². The van der Waals surface area contributed by atoms with Crippen molar-refractivity contribution in [1.29, 1.82) is 0 Å². The van der Waals surface area contributed by atoms with Crippen LogP contribution in [0.5, 0.6) is 0 Å². The summed E-state index contributed by atoms with van der Waals surface area (Å²) in [7, 11) is 0. The van der Waals surface area contributed by atoms with Crippen LogP contribution in [0.3, 0.4) is 0 Å². The van der Waals surface area contributed by atoms with Crippen LogP contribution in [0.2, 0.25) is 5.02 Å². The van der Waals surface area contributed by atoms with Gasteiger partial charge in [0.2, 0.25) is 11.8 Å². The second-order valence-corrected chi connectivity index (χ2v) is 4.65. The lowest BCUT2D eigenvalue weighted by molar-refractivity contribution is -0.125. The number of amides is 2. The van der Waals surface area contributed by atoms with Crippen molar-refractivity contribution in [2.75, 3.05) is 18.4 Å². The maximum absolute atomic E-state index is 11.7. The molecule has 1 aromatic rings. The number of carbonyl (C=O) groups is 2. The van der Waals surface area contributed by atoms with E-state index >= 15 is 0 Å². The summed E-state index contributed by atoms with van der Waals surface area (Å²) in [6.07, 6.45) is 6.04.